The Balaban J connectivity index is 1.81. The van der Waals surface area contributed by atoms with Crippen molar-refractivity contribution < 1.29 is 19.1 Å². The van der Waals surface area contributed by atoms with Crippen molar-refractivity contribution in [2.75, 3.05) is 13.2 Å². The SMILES string of the molecule is CCCCCCCCCCCCCCCCCCOC(=O)CCC(=O)OCCc1cccc(Cl)c1. The number of unbranched alkanes of at least 4 members (excludes halogenated alkanes) is 15. The van der Waals surface area contributed by atoms with Gasteiger partial charge in [0.25, 0.3) is 0 Å². The van der Waals surface area contributed by atoms with E-state index in [0.717, 1.165) is 18.4 Å². The third-order valence-corrected chi connectivity index (χ3v) is 6.57. The summed E-state index contributed by atoms with van der Waals surface area (Å²) in [4.78, 5) is 23.6. The third kappa shape index (κ3) is 20.4. The van der Waals surface area contributed by atoms with E-state index in [1.807, 2.05) is 24.3 Å². The molecule has 35 heavy (non-hydrogen) atoms. The second kappa shape index (κ2) is 22.9. The number of benzene rings is 1. The van der Waals surface area contributed by atoms with Crippen LogP contribution in [0.2, 0.25) is 5.02 Å². The maximum absolute atomic E-state index is 11.8. The first-order chi connectivity index (χ1) is 17.1. The molecule has 1 aromatic rings. The van der Waals surface area contributed by atoms with Crippen LogP contribution in [-0.2, 0) is 25.5 Å². The Morgan fingerprint density at radius 2 is 1.11 bits per heavy atom. The van der Waals surface area contributed by atoms with E-state index in [1.165, 1.54) is 89.9 Å². The molecule has 1 rings (SSSR count). The zero-order valence-electron chi connectivity index (χ0n) is 22.2. The number of hydrogen-bond acceptors (Lipinski definition) is 4. The zero-order valence-corrected chi connectivity index (χ0v) is 22.9. The molecule has 0 heterocycles. The second-order valence-corrected chi connectivity index (χ2v) is 10.1. The quantitative estimate of drug-likeness (QED) is 0.109. The summed E-state index contributed by atoms with van der Waals surface area (Å²) in [6, 6.07) is 7.47. The average molecular weight is 509 g/mol. The van der Waals surface area contributed by atoms with Gasteiger partial charge in [0, 0.05) is 11.4 Å². The molecule has 0 bridgehead atoms. The Morgan fingerprint density at radius 3 is 1.60 bits per heavy atom. The summed E-state index contributed by atoms with van der Waals surface area (Å²) < 4.78 is 10.4. The third-order valence-electron chi connectivity index (χ3n) is 6.34. The van der Waals surface area contributed by atoms with E-state index in [2.05, 4.69) is 6.92 Å². The number of halogens is 1. The molecule has 0 spiro atoms. The molecule has 200 valence electrons. The Hall–Kier alpha value is -1.55. The van der Waals surface area contributed by atoms with E-state index in [1.54, 1.807) is 0 Å². The molecule has 0 radical (unpaired) electrons. The molecule has 0 atom stereocenters. The van der Waals surface area contributed by atoms with Crippen molar-refractivity contribution in [3.05, 3.63) is 34.9 Å². The van der Waals surface area contributed by atoms with Gasteiger partial charge in [0.05, 0.1) is 26.1 Å². The molecule has 0 amide bonds. The molecule has 0 aromatic heterocycles. The van der Waals surface area contributed by atoms with Crippen LogP contribution in [0, 0.1) is 0 Å². The molecule has 0 saturated heterocycles. The van der Waals surface area contributed by atoms with Gasteiger partial charge in [-0.1, -0.05) is 127 Å². The van der Waals surface area contributed by atoms with Gasteiger partial charge in [0.15, 0.2) is 0 Å². The number of ether oxygens (including phenoxy) is 2. The summed E-state index contributed by atoms with van der Waals surface area (Å²) in [6.45, 7) is 3.00. The first-order valence-corrected chi connectivity index (χ1v) is 14.5. The summed E-state index contributed by atoms with van der Waals surface area (Å²) in [5, 5.41) is 0.668. The van der Waals surface area contributed by atoms with Crippen molar-refractivity contribution in [1.82, 2.24) is 0 Å². The average Bonchev–Trinajstić information content (AvgIpc) is 2.84. The molecule has 1 aromatic carbocycles. The van der Waals surface area contributed by atoms with E-state index in [0.29, 0.717) is 18.1 Å². The normalized spacial score (nSPS) is 10.9. The van der Waals surface area contributed by atoms with Gasteiger partial charge < -0.3 is 9.47 Å². The molecule has 0 N–H and O–H groups in total. The van der Waals surface area contributed by atoms with Gasteiger partial charge >= 0.3 is 11.9 Å². The lowest BCUT2D eigenvalue weighted by Gasteiger charge is -2.07. The topological polar surface area (TPSA) is 52.6 Å². The van der Waals surface area contributed by atoms with Gasteiger partial charge in [-0.25, -0.2) is 0 Å². The predicted octanol–water partition coefficient (Wildman–Crippen LogP) is 9.01. The summed E-state index contributed by atoms with van der Waals surface area (Å²) in [6.07, 6.45) is 21.9. The highest BCUT2D eigenvalue weighted by Gasteiger charge is 2.09. The fourth-order valence-electron chi connectivity index (χ4n) is 4.16. The van der Waals surface area contributed by atoms with Crippen LogP contribution in [-0.4, -0.2) is 25.2 Å². The Kier molecular flexibility index (Phi) is 20.6. The van der Waals surface area contributed by atoms with Crippen LogP contribution in [0.4, 0.5) is 0 Å². The highest BCUT2D eigenvalue weighted by molar-refractivity contribution is 6.30. The molecule has 5 heteroatoms. The van der Waals surface area contributed by atoms with Crippen LogP contribution >= 0.6 is 11.6 Å². The summed E-state index contributed by atoms with van der Waals surface area (Å²) >= 11 is 5.94. The Labute approximate surface area is 219 Å². The van der Waals surface area contributed by atoms with Gasteiger partial charge in [-0.3, -0.25) is 9.59 Å². The summed E-state index contributed by atoms with van der Waals surface area (Å²) in [5.74, 6) is -0.691. The molecule has 4 nitrogen and oxygen atoms in total. The van der Waals surface area contributed by atoms with E-state index in [4.69, 9.17) is 21.1 Å². The van der Waals surface area contributed by atoms with E-state index < -0.39 is 0 Å². The zero-order chi connectivity index (χ0) is 25.4. The minimum absolute atomic E-state index is 0.0628. The fraction of sp³-hybridized carbons (Fsp3) is 0.733. The monoisotopic (exact) mass is 508 g/mol. The first kappa shape index (κ1) is 31.5. The van der Waals surface area contributed by atoms with E-state index >= 15 is 0 Å². The van der Waals surface area contributed by atoms with Crippen LogP contribution in [0.1, 0.15) is 128 Å². The lowest BCUT2D eigenvalue weighted by atomic mass is 10.0. The minimum Gasteiger partial charge on any atom is -0.466 e. The largest absolute Gasteiger partial charge is 0.466 e. The predicted molar refractivity (Wildman–Crippen MR) is 146 cm³/mol. The van der Waals surface area contributed by atoms with Crippen molar-refractivity contribution >= 4 is 23.5 Å². The summed E-state index contributed by atoms with van der Waals surface area (Å²) in [5.41, 5.74) is 1.02. The highest BCUT2D eigenvalue weighted by Crippen LogP contribution is 2.14. The van der Waals surface area contributed by atoms with Gasteiger partial charge in [-0.15, -0.1) is 0 Å². The maximum Gasteiger partial charge on any atom is 0.306 e. The molecule has 0 fully saturated rings. The van der Waals surface area contributed by atoms with Crippen molar-refractivity contribution in [1.29, 1.82) is 0 Å². The number of rotatable bonds is 23. The molecule has 0 saturated carbocycles. The van der Waals surface area contributed by atoms with Crippen molar-refractivity contribution in [2.24, 2.45) is 0 Å². The van der Waals surface area contributed by atoms with Gasteiger partial charge in [0.1, 0.15) is 0 Å². The number of carbonyl (C=O) groups excluding carboxylic acids is 2. The summed E-state index contributed by atoms with van der Waals surface area (Å²) in [7, 11) is 0. The molecule has 0 aliphatic carbocycles. The number of hydrogen-bond donors (Lipinski definition) is 0. The molecular weight excluding hydrogens is 460 g/mol. The lowest BCUT2D eigenvalue weighted by molar-refractivity contribution is -0.150. The maximum atomic E-state index is 11.8. The molecular formula is C30H49ClO4. The standard InChI is InChI=1S/C30H49ClO4/c1-2-3-4-5-6-7-8-9-10-11-12-13-14-15-16-17-24-34-29(32)21-22-30(33)35-25-23-27-19-18-20-28(31)26-27/h18-20,26H,2-17,21-25H2,1H3. The van der Waals surface area contributed by atoms with E-state index in [9.17, 15) is 9.59 Å². The van der Waals surface area contributed by atoms with Crippen molar-refractivity contribution in [3.63, 3.8) is 0 Å². The van der Waals surface area contributed by atoms with Crippen LogP contribution in [0.15, 0.2) is 24.3 Å². The Morgan fingerprint density at radius 1 is 0.657 bits per heavy atom. The van der Waals surface area contributed by atoms with Gasteiger partial charge in [-0.2, -0.15) is 0 Å². The molecule has 0 aliphatic rings. The van der Waals surface area contributed by atoms with E-state index in [-0.39, 0.29) is 31.4 Å². The van der Waals surface area contributed by atoms with Crippen molar-refractivity contribution in [3.8, 4) is 0 Å². The van der Waals surface area contributed by atoms with Crippen LogP contribution in [0.5, 0.6) is 0 Å². The van der Waals surface area contributed by atoms with Crippen LogP contribution in [0.25, 0.3) is 0 Å². The van der Waals surface area contributed by atoms with Crippen molar-refractivity contribution in [2.45, 2.75) is 129 Å². The second-order valence-electron chi connectivity index (χ2n) is 9.62. The van der Waals surface area contributed by atoms with Gasteiger partial charge in [-0.05, 0) is 24.1 Å². The number of carbonyl (C=O) groups is 2. The molecule has 0 unspecified atom stereocenters. The van der Waals surface area contributed by atoms with Crippen LogP contribution in [0.3, 0.4) is 0 Å². The smallest absolute Gasteiger partial charge is 0.306 e. The van der Waals surface area contributed by atoms with Crippen LogP contribution < -0.4 is 0 Å². The minimum atomic E-state index is -0.369. The molecule has 0 aliphatic heterocycles. The Bertz CT molecular complexity index is 662. The number of esters is 2. The highest BCUT2D eigenvalue weighted by atomic mass is 35.5. The van der Waals surface area contributed by atoms with Gasteiger partial charge in [0.2, 0.25) is 0 Å². The lowest BCUT2D eigenvalue weighted by Crippen LogP contribution is -2.12. The first-order valence-electron chi connectivity index (χ1n) is 14.2. The fourth-order valence-corrected chi connectivity index (χ4v) is 4.37.